The fourth-order valence-corrected chi connectivity index (χ4v) is 3.80. The lowest BCUT2D eigenvalue weighted by molar-refractivity contribution is -0.136. The van der Waals surface area contributed by atoms with Gasteiger partial charge in [0.2, 0.25) is 0 Å². The molecular weight excluding hydrogens is 369 g/mol. The first-order valence-electron chi connectivity index (χ1n) is 9.37. The summed E-state index contributed by atoms with van der Waals surface area (Å²) in [6.07, 6.45) is -0.404. The Bertz CT molecular complexity index is 1090. The van der Waals surface area contributed by atoms with Crippen LogP contribution in [0.15, 0.2) is 72.8 Å². The molecule has 4 rings (SSSR count). The predicted molar refractivity (Wildman–Crippen MR) is 108 cm³/mol. The van der Waals surface area contributed by atoms with E-state index in [1.807, 2.05) is 31.2 Å². The second-order valence-corrected chi connectivity index (χ2v) is 7.36. The van der Waals surface area contributed by atoms with Crippen molar-refractivity contribution in [2.24, 2.45) is 0 Å². The lowest BCUT2D eigenvalue weighted by Crippen LogP contribution is -2.41. The van der Waals surface area contributed by atoms with Gasteiger partial charge in [0, 0.05) is 11.1 Å². The van der Waals surface area contributed by atoms with Crippen LogP contribution in [-0.4, -0.2) is 16.8 Å². The van der Waals surface area contributed by atoms with Crippen LogP contribution < -0.4 is 4.90 Å². The Morgan fingerprint density at radius 3 is 2.48 bits per heavy atom. The van der Waals surface area contributed by atoms with E-state index in [1.165, 1.54) is 29.2 Å². The van der Waals surface area contributed by atoms with Crippen molar-refractivity contribution in [1.82, 2.24) is 0 Å². The average molecular weight is 389 g/mol. The maximum absolute atomic E-state index is 13.3. The summed E-state index contributed by atoms with van der Waals surface area (Å²) in [6.45, 7) is 2.27. The van der Waals surface area contributed by atoms with Crippen molar-refractivity contribution in [2.45, 2.75) is 25.5 Å². The molecule has 4 nitrogen and oxygen atoms in total. The molecule has 0 bridgehead atoms. The lowest BCUT2D eigenvalue weighted by atomic mass is 9.88. The number of para-hydroxylation sites is 1. The van der Waals surface area contributed by atoms with Gasteiger partial charge in [-0.25, -0.2) is 4.39 Å². The first-order chi connectivity index (χ1) is 13.9. The van der Waals surface area contributed by atoms with Gasteiger partial charge in [0.05, 0.1) is 18.7 Å². The highest BCUT2D eigenvalue weighted by Gasteiger charge is 2.50. The van der Waals surface area contributed by atoms with Crippen molar-refractivity contribution in [1.29, 1.82) is 0 Å². The number of hydrogen-bond donors (Lipinski definition) is 1. The molecular formula is C24H20FNO3. The summed E-state index contributed by atoms with van der Waals surface area (Å²) < 4.78 is 13.2. The molecule has 5 heteroatoms. The van der Waals surface area contributed by atoms with Gasteiger partial charge in [-0.3, -0.25) is 9.59 Å². The number of benzene rings is 3. The van der Waals surface area contributed by atoms with Crippen molar-refractivity contribution in [3.63, 3.8) is 0 Å². The zero-order chi connectivity index (χ0) is 20.6. The second-order valence-electron chi connectivity index (χ2n) is 7.36. The van der Waals surface area contributed by atoms with Gasteiger partial charge < -0.3 is 10.0 Å². The Morgan fingerprint density at radius 1 is 1.03 bits per heavy atom. The van der Waals surface area contributed by atoms with Crippen LogP contribution in [0.2, 0.25) is 0 Å². The van der Waals surface area contributed by atoms with Crippen LogP contribution in [0.3, 0.4) is 0 Å². The number of aliphatic hydroxyl groups is 1. The molecule has 0 saturated carbocycles. The minimum atomic E-state index is -1.95. The molecule has 1 aliphatic heterocycles. The third-order valence-corrected chi connectivity index (χ3v) is 5.25. The number of aryl methyl sites for hydroxylation is 1. The monoisotopic (exact) mass is 389 g/mol. The molecule has 29 heavy (non-hydrogen) atoms. The molecule has 146 valence electrons. The highest BCUT2D eigenvalue weighted by atomic mass is 19.1. The van der Waals surface area contributed by atoms with Gasteiger partial charge >= 0.3 is 0 Å². The van der Waals surface area contributed by atoms with Crippen molar-refractivity contribution in [3.8, 4) is 0 Å². The molecule has 1 amide bonds. The highest BCUT2D eigenvalue weighted by molar-refractivity contribution is 6.10. The first-order valence-corrected chi connectivity index (χ1v) is 9.37. The van der Waals surface area contributed by atoms with Gasteiger partial charge in [-0.15, -0.1) is 0 Å². The summed E-state index contributed by atoms with van der Waals surface area (Å²) in [6, 6.07) is 19.8. The van der Waals surface area contributed by atoms with Crippen LogP contribution in [0, 0.1) is 12.7 Å². The van der Waals surface area contributed by atoms with E-state index in [2.05, 4.69) is 0 Å². The maximum Gasteiger partial charge on any atom is 0.264 e. The van der Waals surface area contributed by atoms with Gasteiger partial charge in [-0.2, -0.15) is 0 Å². The fourth-order valence-electron chi connectivity index (χ4n) is 3.80. The van der Waals surface area contributed by atoms with Crippen molar-refractivity contribution >= 4 is 17.4 Å². The molecule has 1 unspecified atom stereocenters. The van der Waals surface area contributed by atoms with Crippen molar-refractivity contribution in [2.75, 3.05) is 4.90 Å². The number of Topliss-reactive ketones (excluding diaryl/α,β-unsaturated/α-hetero) is 1. The van der Waals surface area contributed by atoms with Gasteiger partial charge in [-0.05, 0) is 42.8 Å². The number of amides is 1. The molecule has 1 atom stereocenters. The number of hydrogen-bond acceptors (Lipinski definition) is 3. The Morgan fingerprint density at radius 2 is 1.76 bits per heavy atom. The predicted octanol–water partition coefficient (Wildman–Crippen LogP) is 4.14. The number of anilines is 1. The van der Waals surface area contributed by atoms with E-state index in [0.29, 0.717) is 17.8 Å². The number of halogens is 1. The van der Waals surface area contributed by atoms with E-state index in [0.717, 1.165) is 11.1 Å². The highest BCUT2D eigenvalue weighted by Crippen LogP contribution is 2.43. The van der Waals surface area contributed by atoms with E-state index < -0.39 is 29.5 Å². The number of carbonyl (C=O) groups is 2. The minimum Gasteiger partial charge on any atom is -0.375 e. The second kappa shape index (κ2) is 7.26. The van der Waals surface area contributed by atoms with Crippen molar-refractivity contribution in [3.05, 3.63) is 101 Å². The summed E-state index contributed by atoms with van der Waals surface area (Å²) >= 11 is 0. The number of fused-ring (bicyclic) bond motifs is 1. The summed E-state index contributed by atoms with van der Waals surface area (Å²) in [5, 5.41) is 11.3. The van der Waals surface area contributed by atoms with E-state index in [4.69, 9.17) is 0 Å². The SMILES string of the molecule is Cc1cccc(CN2C(=O)C(O)(CC(=O)c3ccc(F)cc3)c3ccccc32)c1. The quantitative estimate of drug-likeness (QED) is 0.667. The van der Waals surface area contributed by atoms with Gasteiger partial charge in [0.15, 0.2) is 11.4 Å². The lowest BCUT2D eigenvalue weighted by Gasteiger charge is -2.23. The molecule has 1 heterocycles. The van der Waals surface area contributed by atoms with Crippen LogP contribution in [0.1, 0.15) is 33.5 Å². The topological polar surface area (TPSA) is 57.6 Å². The Hall–Kier alpha value is -3.31. The van der Waals surface area contributed by atoms with E-state index in [1.54, 1.807) is 24.3 Å². The third kappa shape index (κ3) is 3.45. The van der Waals surface area contributed by atoms with Crippen LogP contribution in [-0.2, 0) is 16.9 Å². The summed E-state index contributed by atoms with van der Waals surface area (Å²) in [5.41, 5.74) is 1.31. The molecule has 0 aliphatic carbocycles. The van der Waals surface area contributed by atoms with Crippen LogP contribution >= 0.6 is 0 Å². The number of rotatable bonds is 5. The van der Waals surface area contributed by atoms with Crippen LogP contribution in [0.25, 0.3) is 0 Å². The molecule has 1 aliphatic rings. The zero-order valence-electron chi connectivity index (χ0n) is 15.9. The largest absolute Gasteiger partial charge is 0.375 e. The summed E-state index contributed by atoms with van der Waals surface area (Å²) in [7, 11) is 0. The molecule has 3 aromatic carbocycles. The first kappa shape index (κ1) is 19.0. The molecule has 0 fully saturated rings. The van der Waals surface area contributed by atoms with Gasteiger partial charge in [0.1, 0.15) is 5.82 Å². The van der Waals surface area contributed by atoms with Crippen molar-refractivity contribution < 1.29 is 19.1 Å². The standard InChI is InChI=1S/C24H20FNO3/c1-16-5-4-6-17(13-16)15-26-21-8-3-2-7-20(21)24(29,23(26)28)14-22(27)18-9-11-19(25)12-10-18/h2-13,29H,14-15H2,1H3. The zero-order valence-corrected chi connectivity index (χ0v) is 15.9. The molecule has 0 spiro atoms. The summed E-state index contributed by atoms with van der Waals surface area (Å²) in [5.74, 6) is -1.41. The maximum atomic E-state index is 13.3. The molecule has 0 radical (unpaired) electrons. The fraction of sp³-hybridized carbons (Fsp3) is 0.167. The van der Waals surface area contributed by atoms with E-state index >= 15 is 0 Å². The average Bonchev–Trinajstić information content (AvgIpc) is 2.91. The molecule has 1 N–H and O–H groups in total. The smallest absolute Gasteiger partial charge is 0.264 e. The Labute approximate surface area is 168 Å². The van der Waals surface area contributed by atoms with E-state index in [9.17, 15) is 19.1 Å². The molecule has 0 aromatic heterocycles. The van der Waals surface area contributed by atoms with Gasteiger partial charge in [0.25, 0.3) is 5.91 Å². The Balaban J connectivity index is 1.67. The minimum absolute atomic E-state index is 0.252. The summed E-state index contributed by atoms with van der Waals surface area (Å²) in [4.78, 5) is 27.5. The number of ketones is 1. The van der Waals surface area contributed by atoms with Gasteiger partial charge in [-0.1, -0.05) is 48.0 Å². The molecule has 3 aromatic rings. The third-order valence-electron chi connectivity index (χ3n) is 5.25. The normalized spacial score (nSPS) is 18.0. The Kier molecular flexibility index (Phi) is 4.76. The van der Waals surface area contributed by atoms with E-state index in [-0.39, 0.29) is 5.56 Å². The number of nitrogens with zero attached hydrogens (tertiary/aromatic N) is 1. The van der Waals surface area contributed by atoms with Crippen LogP contribution in [0.4, 0.5) is 10.1 Å². The number of carbonyl (C=O) groups excluding carboxylic acids is 2. The van der Waals surface area contributed by atoms with Crippen LogP contribution in [0.5, 0.6) is 0 Å². The molecule has 0 saturated heterocycles.